The molecule has 2 rings (SSSR count). The summed E-state index contributed by atoms with van der Waals surface area (Å²) in [5.74, 6) is -0.182. The largest absolute Gasteiger partial charge is 0.354 e. The maximum atomic E-state index is 13.9. The molecule has 0 heterocycles. The number of hydrogen-bond donors (Lipinski definition) is 1. The second-order valence-electron chi connectivity index (χ2n) is 7.41. The molecule has 8 heteroatoms. The Kier molecular flexibility index (Phi) is 11.4. The Morgan fingerprint density at radius 2 is 1.88 bits per heavy atom. The van der Waals surface area contributed by atoms with Gasteiger partial charge in [0.05, 0.1) is 5.75 Å². The van der Waals surface area contributed by atoms with Gasteiger partial charge in [-0.05, 0) is 42.2 Å². The van der Waals surface area contributed by atoms with Gasteiger partial charge >= 0.3 is 0 Å². The van der Waals surface area contributed by atoms with Gasteiger partial charge in [-0.25, -0.2) is 4.39 Å². The minimum Gasteiger partial charge on any atom is -0.354 e. The molecule has 0 aliphatic carbocycles. The molecule has 0 saturated carbocycles. The number of nitrogens with one attached hydrogen (secondary N) is 1. The number of carbonyl (C=O) groups is 2. The number of thioether (sulfide) groups is 1. The molecular weight excluding hydrogens is 470 g/mol. The summed E-state index contributed by atoms with van der Waals surface area (Å²) in [5, 5.41) is 3.87. The van der Waals surface area contributed by atoms with Crippen molar-refractivity contribution in [2.24, 2.45) is 0 Å². The quantitative estimate of drug-likeness (QED) is 0.360. The summed E-state index contributed by atoms with van der Waals surface area (Å²) in [6.45, 7) is 4.68. The summed E-state index contributed by atoms with van der Waals surface area (Å²) >= 11 is 13.7. The van der Waals surface area contributed by atoms with Gasteiger partial charge in [-0.15, -0.1) is 11.8 Å². The standard InChI is InChI=1S/C24H29Cl2FN2O2S/c1-3-5-12-28-24(31)22(4-2)29(14-17-10-11-19(25)13-20(17)26)23(30)16-32-15-18-8-6-7-9-21(18)27/h6-11,13,22H,3-5,12,14-16H2,1-2H3,(H,28,31). The first kappa shape index (κ1) is 26.5. The zero-order valence-corrected chi connectivity index (χ0v) is 20.7. The number of halogens is 3. The van der Waals surface area contributed by atoms with Gasteiger partial charge in [0, 0.05) is 28.9 Å². The number of rotatable bonds is 12. The van der Waals surface area contributed by atoms with E-state index >= 15 is 0 Å². The Hall–Kier alpha value is -1.76. The zero-order valence-electron chi connectivity index (χ0n) is 18.4. The van der Waals surface area contributed by atoms with Crippen molar-refractivity contribution in [2.45, 2.75) is 51.4 Å². The summed E-state index contributed by atoms with van der Waals surface area (Å²) in [6.07, 6.45) is 2.30. The van der Waals surface area contributed by atoms with Gasteiger partial charge < -0.3 is 10.2 Å². The van der Waals surface area contributed by atoms with Crippen LogP contribution >= 0.6 is 35.0 Å². The monoisotopic (exact) mass is 498 g/mol. The van der Waals surface area contributed by atoms with Gasteiger partial charge in [0.25, 0.3) is 0 Å². The molecule has 0 aromatic heterocycles. The van der Waals surface area contributed by atoms with E-state index in [9.17, 15) is 14.0 Å². The molecule has 0 saturated heterocycles. The van der Waals surface area contributed by atoms with Gasteiger partial charge in [0.15, 0.2) is 0 Å². The van der Waals surface area contributed by atoms with Crippen LogP contribution in [0.1, 0.15) is 44.2 Å². The van der Waals surface area contributed by atoms with Crippen molar-refractivity contribution in [3.05, 3.63) is 69.5 Å². The molecule has 1 atom stereocenters. The van der Waals surface area contributed by atoms with Crippen molar-refractivity contribution in [1.29, 1.82) is 0 Å². The molecule has 1 unspecified atom stereocenters. The number of carbonyl (C=O) groups excluding carboxylic acids is 2. The van der Waals surface area contributed by atoms with E-state index < -0.39 is 6.04 Å². The Balaban J connectivity index is 2.16. The Morgan fingerprint density at radius 3 is 2.53 bits per heavy atom. The fourth-order valence-electron chi connectivity index (χ4n) is 3.21. The second-order valence-corrected chi connectivity index (χ2v) is 9.24. The lowest BCUT2D eigenvalue weighted by molar-refractivity contribution is -0.139. The third-order valence-electron chi connectivity index (χ3n) is 5.01. The van der Waals surface area contributed by atoms with Crippen LogP contribution in [0.5, 0.6) is 0 Å². The first-order chi connectivity index (χ1) is 15.4. The molecule has 0 fully saturated rings. The summed E-state index contributed by atoms with van der Waals surface area (Å²) in [7, 11) is 0. The molecule has 174 valence electrons. The van der Waals surface area contributed by atoms with E-state index in [2.05, 4.69) is 12.2 Å². The number of unbranched alkanes of at least 4 members (excludes halogenated alkanes) is 1. The molecular formula is C24H29Cl2FN2O2S. The molecule has 2 aromatic carbocycles. The van der Waals surface area contributed by atoms with Crippen LogP contribution < -0.4 is 5.32 Å². The number of hydrogen-bond acceptors (Lipinski definition) is 3. The molecule has 0 aliphatic rings. The topological polar surface area (TPSA) is 49.4 Å². The van der Waals surface area contributed by atoms with Crippen LogP contribution in [0.25, 0.3) is 0 Å². The van der Waals surface area contributed by atoms with Crippen molar-refractivity contribution in [2.75, 3.05) is 12.3 Å². The zero-order chi connectivity index (χ0) is 23.5. The van der Waals surface area contributed by atoms with E-state index in [1.54, 1.807) is 41.3 Å². The SMILES string of the molecule is CCCCNC(=O)C(CC)N(Cc1ccc(Cl)cc1Cl)C(=O)CSCc1ccccc1F. The van der Waals surface area contributed by atoms with Crippen LogP contribution in [0, 0.1) is 5.82 Å². The van der Waals surface area contributed by atoms with Crippen molar-refractivity contribution < 1.29 is 14.0 Å². The van der Waals surface area contributed by atoms with Crippen LogP contribution in [0.2, 0.25) is 10.0 Å². The van der Waals surface area contributed by atoms with E-state index in [0.717, 1.165) is 12.8 Å². The maximum absolute atomic E-state index is 13.9. The Bertz CT molecular complexity index is 913. The van der Waals surface area contributed by atoms with Crippen LogP contribution in [0.3, 0.4) is 0 Å². The van der Waals surface area contributed by atoms with Gasteiger partial charge in [-0.2, -0.15) is 0 Å². The smallest absolute Gasteiger partial charge is 0.242 e. The molecule has 2 amide bonds. The number of benzene rings is 2. The van der Waals surface area contributed by atoms with Crippen LogP contribution in [0.15, 0.2) is 42.5 Å². The minimum atomic E-state index is -0.625. The highest BCUT2D eigenvalue weighted by Gasteiger charge is 2.29. The van der Waals surface area contributed by atoms with Crippen molar-refractivity contribution >= 4 is 46.8 Å². The maximum Gasteiger partial charge on any atom is 0.242 e. The molecule has 2 aromatic rings. The first-order valence-electron chi connectivity index (χ1n) is 10.7. The summed E-state index contributed by atoms with van der Waals surface area (Å²) in [5.41, 5.74) is 1.25. The fraction of sp³-hybridized carbons (Fsp3) is 0.417. The van der Waals surface area contributed by atoms with Crippen molar-refractivity contribution in [3.8, 4) is 0 Å². The van der Waals surface area contributed by atoms with Crippen LogP contribution in [-0.2, 0) is 21.9 Å². The second kappa shape index (κ2) is 13.7. The van der Waals surface area contributed by atoms with Gasteiger partial charge in [-0.3, -0.25) is 9.59 Å². The molecule has 4 nitrogen and oxygen atoms in total. The third-order valence-corrected chi connectivity index (χ3v) is 6.57. The van der Waals surface area contributed by atoms with E-state index in [0.29, 0.717) is 39.9 Å². The highest BCUT2D eigenvalue weighted by molar-refractivity contribution is 7.99. The Morgan fingerprint density at radius 1 is 1.12 bits per heavy atom. The van der Waals surface area contributed by atoms with Gasteiger partial charge in [-0.1, -0.05) is 67.7 Å². The van der Waals surface area contributed by atoms with Crippen LogP contribution in [-0.4, -0.2) is 35.1 Å². The summed E-state index contributed by atoms with van der Waals surface area (Å²) < 4.78 is 13.9. The molecule has 1 N–H and O–H groups in total. The summed E-state index contributed by atoms with van der Waals surface area (Å²) in [4.78, 5) is 27.6. The lowest BCUT2D eigenvalue weighted by Gasteiger charge is -2.31. The van der Waals surface area contributed by atoms with E-state index in [1.807, 2.05) is 6.92 Å². The molecule has 0 aliphatic heterocycles. The molecule has 0 radical (unpaired) electrons. The highest BCUT2D eigenvalue weighted by atomic mass is 35.5. The lowest BCUT2D eigenvalue weighted by Crippen LogP contribution is -2.49. The molecule has 0 spiro atoms. The van der Waals surface area contributed by atoms with Crippen molar-refractivity contribution in [1.82, 2.24) is 10.2 Å². The van der Waals surface area contributed by atoms with Gasteiger partial charge in [0.2, 0.25) is 11.8 Å². The highest BCUT2D eigenvalue weighted by Crippen LogP contribution is 2.24. The molecule has 0 bridgehead atoms. The minimum absolute atomic E-state index is 0.123. The predicted molar refractivity (Wildman–Crippen MR) is 132 cm³/mol. The average Bonchev–Trinajstić information content (AvgIpc) is 2.76. The normalized spacial score (nSPS) is 11.8. The van der Waals surface area contributed by atoms with Gasteiger partial charge in [0.1, 0.15) is 11.9 Å². The Labute approximate surface area is 203 Å². The van der Waals surface area contributed by atoms with Crippen LogP contribution in [0.4, 0.5) is 4.39 Å². The predicted octanol–water partition coefficient (Wildman–Crippen LogP) is 6.09. The first-order valence-corrected chi connectivity index (χ1v) is 12.6. The lowest BCUT2D eigenvalue weighted by atomic mass is 10.1. The van der Waals surface area contributed by atoms with Crippen molar-refractivity contribution in [3.63, 3.8) is 0 Å². The fourth-order valence-corrected chi connectivity index (χ4v) is 4.57. The summed E-state index contributed by atoms with van der Waals surface area (Å²) in [6, 6.07) is 11.0. The average molecular weight is 499 g/mol. The molecule has 32 heavy (non-hydrogen) atoms. The number of nitrogens with zero attached hydrogens (tertiary/aromatic N) is 1. The van der Waals surface area contributed by atoms with E-state index in [-0.39, 0.29) is 29.9 Å². The number of amides is 2. The third kappa shape index (κ3) is 7.98. The van der Waals surface area contributed by atoms with E-state index in [1.165, 1.54) is 17.8 Å². The van der Waals surface area contributed by atoms with E-state index in [4.69, 9.17) is 23.2 Å².